The number of nitrogens with one attached hydrogen (secondary N) is 2. The van der Waals surface area contributed by atoms with Gasteiger partial charge in [0.25, 0.3) is 0 Å². The molecule has 0 bridgehead atoms. The predicted octanol–water partition coefficient (Wildman–Crippen LogP) is 6.20. The van der Waals surface area contributed by atoms with Crippen LogP contribution >= 0.6 is 11.8 Å². The standard InChI is InChI=1S/C25H26F3N3OS/c26-25(27,28)23-14-20(18-9-2-3-10-19(18)31-23)29-16-7-5-8-17(13-16)30-24(32)22-12-15-6-1-4-11-21(15)33-22/h2-3,9-12,14,16-17,22H,1,4-8,13H2,(H,29,31)(H,30,32)/t16-,17+,22?/m0/s1. The molecule has 3 atom stereocenters. The second kappa shape index (κ2) is 9.05. The van der Waals surface area contributed by atoms with Crippen LogP contribution < -0.4 is 10.6 Å². The van der Waals surface area contributed by atoms with Gasteiger partial charge in [-0.1, -0.05) is 30.4 Å². The van der Waals surface area contributed by atoms with Crippen molar-refractivity contribution in [3.63, 3.8) is 0 Å². The molecular formula is C25H26F3N3OS. The van der Waals surface area contributed by atoms with Crippen molar-refractivity contribution >= 4 is 34.3 Å². The monoisotopic (exact) mass is 473 g/mol. The molecule has 0 spiro atoms. The summed E-state index contributed by atoms with van der Waals surface area (Å²) in [6.07, 6.45) is 6.37. The number of carbonyl (C=O) groups excluding carboxylic acids is 1. The van der Waals surface area contributed by atoms with Gasteiger partial charge in [-0.2, -0.15) is 13.2 Å². The summed E-state index contributed by atoms with van der Waals surface area (Å²) in [4.78, 5) is 17.9. The SMILES string of the molecule is O=C(N[C@@H]1CCC[C@H](Nc2cc(C(F)(F)F)nc3ccccc23)C1)C1C=C2CCCC=C2S1. The van der Waals surface area contributed by atoms with Gasteiger partial charge in [-0.3, -0.25) is 4.79 Å². The molecule has 4 nitrogen and oxygen atoms in total. The Morgan fingerprint density at radius 2 is 1.94 bits per heavy atom. The van der Waals surface area contributed by atoms with Crippen molar-refractivity contribution in [1.82, 2.24) is 10.3 Å². The first-order valence-electron chi connectivity index (χ1n) is 11.5. The van der Waals surface area contributed by atoms with Gasteiger partial charge >= 0.3 is 6.18 Å². The largest absolute Gasteiger partial charge is 0.433 e. The minimum absolute atomic E-state index is 0.00884. The van der Waals surface area contributed by atoms with Crippen molar-refractivity contribution in [3.05, 3.63) is 58.7 Å². The molecule has 8 heteroatoms. The number of benzene rings is 1. The fourth-order valence-corrected chi connectivity index (χ4v) is 6.16. The van der Waals surface area contributed by atoms with Gasteiger partial charge in [0.1, 0.15) is 10.9 Å². The van der Waals surface area contributed by atoms with E-state index in [-0.39, 0.29) is 23.2 Å². The number of carbonyl (C=O) groups is 1. The quantitative estimate of drug-likeness (QED) is 0.555. The predicted molar refractivity (Wildman–Crippen MR) is 126 cm³/mol. The van der Waals surface area contributed by atoms with Crippen LogP contribution in [0.15, 0.2) is 53.0 Å². The lowest BCUT2D eigenvalue weighted by Crippen LogP contribution is -2.44. The molecule has 1 unspecified atom stereocenters. The lowest BCUT2D eigenvalue weighted by atomic mass is 9.90. The lowest BCUT2D eigenvalue weighted by Gasteiger charge is -2.32. The molecule has 3 aliphatic rings. The molecule has 1 aromatic carbocycles. The number of para-hydroxylation sites is 1. The van der Waals surface area contributed by atoms with Crippen molar-refractivity contribution in [1.29, 1.82) is 0 Å². The Labute approximate surface area is 195 Å². The Bertz CT molecular complexity index is 1130. The molecule has 33 heavy (non-hydrogen) atoms. The van der Waals surface area contributed by atoms with E-state index in [0.29, 0.717) is 23.0 Å². The first-order chi connectivity index (χ1) is 15.9. The number of hydrogen-bond donors (Lipinski definition) is 2. The van der Waals surface area contributed by atoms with E-state index in [4.69, 9.17) is 0 Å². The van der Waals surface area contributed by atoms with E-state index in [1.807, 2.05) is 0 Å². The van der Waals surface area contributed by atoms with Crippen LogP contribution in [0, 0.1) is 0 Å². The highest BCUT2D eigenvalue weighted by Gasteiger charge is 2.34. The number of aromatic nitrogens is 1. The van der Waals surface area contributed by atoms with Crippen LogP contribution in [0.5, 0.6) is 0 Å². The summed E-state index contributed by atoms with van der Waals surface area (Å²) in [7, 11) is 0. The Balaban J connectivity index is 1.28. The molecule has 1 saturated carbocycles. The summed E-state index contributed by atoms with van der Waals surface area (Å²) in [6.45, 7) is 0. The first kappa shape index (κ1) is 22.3. The third-order valence-electron chi connectivity index (χ3n) is 6.55. The molecule has 0 radical (unpaired) electrons. The number of amides is 1. The molecule has 1 aliphatic heterocycles. The van der Waals surface area contributed by atoms with Crippen molar-refractivity contribution in [2.45, 2.75) is 68.5 Å². The van der Waals surface area contributed by atoms with Gasteiger partial charge in [0, 0.05) is 28.1 Å². The highest BCUT2D eigenvalue weighted by molar-refractivity contribution is 8.05. The molecule has 1 amide bonds. The molecule has 5 rings (SSSR count). The van der Waals surface area contributed by atoms with Crippen LogP contribution in [0.3, 0.4) is 0 Å². The molecule has 174 valence electrons. The van der Waals surface area contributed by atoms with Crippen LogP contribution in [0.2, 0.25) is 0 Å². The molecule has 2 N–H and O–H groups in total. The molecule has 2 aliphatic carbocycles. The van der Waals surface area contributed by atoms with E-state index in [1.54, 1.807) is 36.0 Å². The Morgan fingerprint density at radius 1 is 1.12 bits per heavy atom. The number of thioether (sulfide) groups is 1. The smallest absolute Gasteiger partial charge is 0.382 e. The molecule has 2 aromatic rings. The number of nitrogens with zero attached hydrogens (tertiary/aromatic N) is 1. The zero-order chi connectivity index (χ0) is 23.0. The summed E-state index contributed by atoms with van der Waals surface area (Å²) < 4.78 is 40.2. The van der Waals surface area contributed by atoms with Crippen LogP contribution in [-0.2, 0) is 11.0 Å². The number of allylic oxidation sites excluding steroid dienone is 2. The summed E-state index contributed by atoms with van der Waals surface area (Å²) >= 11 is 1.63. The van der Waals surface area contributed by atoms with Crippen LogP contribution in [0.4, 0.5) is 18.9 Å². The third-order valence-corrected chi connectivity index (χ3v) is 7.84. The lowest BCUT2D eigenvalue weighted by molar-refractivity contribution is -0.140. The molecular weight excluding hydrogens is 447 g/mol. The van der Waals surface area contributed by atoms with E-state index >= 15 is 0 Å². The maximum Gasteiger partial charge on any atom is 0.433 e. The number of halogens is 3. The van der Waals surface area contributed by atoms with Gasteiger partial charge in [0.15, 0.2) is 0 Å². The molecule has 0 saturated heterocycles. The van der Waals surface area contributed by atoms with Gasteiger partial charge in [-0.05, 0) is 62.7 Å². The third kappa shape index (κ3) is 4.90. The maximum atomic E-state index is 13.4. The van der Waals surface area contributed by atoms with Crippen molar-refractivity contribution < 1.29 is 18.0 Å². The number of pyridine rings is 1. The molecule has 1 fully saturated rings. The summed E-state index contributed by atoms with van der Waals surface area (Å²) in [5, 5.41) is 7.01. The maximum absolute atomic E-state index is 13.4. The fraction of sp³-hybridized carbons (Fsp3) is 0.440. The Morgan fingerprint density at radius 3 is 2.76 bits per heavy atom. The van der Waals surface area contributed by atoms with E-state index in [1.165, 1.54) is 10.5 Å². The van der Waals surface area contributed by atoms with E-state index in [2.05, 4.69) is 27.8 Å². The number of fused-ring (bicyclic) bond motifs is 2. The van der Waals surface area contributed by atoms with Gasteiger partial charge in [0.05, 0.1) is 5.52 Å². The zero-order valence-electron chi connectivity index (χ0n) is 18.1. The number of hydrogen-bond acceptors (Lipinski definition) is 4. The van der Waals surface area contributed by atoms with Gasteiger partial charge in [-0.25, -0.2) is 4.98 Å². The minimum Gasteiger partial charge on any atom is -0.382 e. The summed E-state index contributed by atoms with van der Waals surface area (Å²) in [5.74, 6) is 0.0298. The van der Waals surface area contributed by atoms with Crippen molar-refractivity contribution in [3.8, 4) is 0 Å². The Kier molecular flexibility index (Phi) is 6.12. The Hall–Kier alpha value is -2.48. The minimum atomic E-state index is -4.51. The first-order valence-corrected chi connectivity index (χ1v) is 12.4. The van der Waals surface area contributed by atoms with Gasteiger partial charge in [-0.15, -0.1) is 11.8 Å². The zero-order valence-corrected chi connectivity index (χ0v) is 18.9. The number of alkyl halides is 3. The van der Waals surface area contributed by atoms with Crippen molar-refractivity contribution in [2.24, 2.45) is 0 Å². The van der Waals surface area contributed by atoms with Gasteiger partial charge in [0.2, 0.25) is 5.91 Å². The normalized spacial score (nSPS) is 25.2. The van der Waals surface area contributed by atoms with E-state index in [9.17, 15) is 18.0 Å². The number of rotatable bonds is 4. The average molecular weight is 474 g/mol. The highest BCUT2D eigenvalue weighted by atomic mass is 32.2. The molecule has 2 heterocycles. The second-order valence-electron chi connectivity index (χ2n) is 8.97. The van der Waals surface area contributed by atoms with Crippen molar-refractivity contribution in [2.75, 3.05) is 5.32 Å². The fourth-order valence-electron chi connectivity index (χ4n) is 4.95. The summed E-state index contributed by atoms with van der Waals surface area (Å²) in [6, 6.07) is 7.96. The van der Waals surface area contributed by atoms with Crippen LogP contribution in [-0.4, -0.2) is 28.2 Å². The summed E-state index contributed by atoms with van der Waals surface area (Å²) in [5.41, 5.74) is 1.15. The topological polar surface area (TPSA) is 54.0 Å². The number of anilines is 1. The van der Waals surface area contributed by atoms with E-state index < -0.39 is 11.9 Å². The van der Waals surface area contributed by atoms with Gasteiger partial charge < -0.3 is 10.6 Å². The van der Waals surface area contributed by atoms with Crippen LogP contribution in [0.25, 0.3) is 10.9 Å². The molecule has 1 aromatic heterocycles. The second-order valence-corrected chi connectivity index (χ2v) is 10.2. The average Bonchev–Trinajstić information content (AvgIpc) is 3.23. The van der Waals surface area contributed by atoms with Crippen LogP contribution in [0.1, 0.15) is 50.6 Å². The van der Waals surface area contributed by atoms with E-state index in [0.717, 1.165) is 44.6 Å². The highest BCUT2D eigenvalue weighted by Crippen LogP contribution is 2.42.